The molecule has 0 bridgehead atoms. The molecule has 19 heavy (non-hydrogen) atoms. The van der Waals surface area contributed by atoms with Crippen LogP contribution in [-0.2, 0) is 6.42 Å². The number of nitrogens with two attached hydrogens (primary N) is 1. The topological polar surface area (TPSA) is 66.6 Å². The summed E-state index contributed by atoms with van der Waals surface area (Å²) in [4.78, 5) is 12.7. The molecule has 4 heteroatoms. The first kappa shape index (κ1) is 15.5. The van der Waals surface area contributed by atoms with Crippen LogP contribution in [0.25, 0.3) is 0 Å². The van der Waals surface area contributed by atoms with E-state index in [9.17, 15) is 9.90 Å². The Morgan fingerprint density at radius 1 is 1.42 bits per heavy atom. The third kappa shape index (κ3) is 4.91. The SMILES string of the molecule is Cc1cccc(C[C@H](N)CN(C(=O)O)C(C)(C)C)c1. The molecule has 1 aromatic carbocycles. The van der Waals surface area contributed by atoms with Crippen molar-refractivity contribution in [1.29, 1.82) is 0 Å². The van der Waals surface area contributed by atoms with Gasteiger partial charge in [-0.1, -0.05) is 29.8 Å². The van der Waals surface area contributed by atoms with E-state index in [2.05, 4.69) is 6.07 Å². The van der Waals surface area contributed by atoms with Crippen molar-refractivity contribution < 1.29 is 9.90 Å². The fourth-order valence-corrected chi connectivity index (χ4v) is 2.08. The first-order chi connectivity index (χ1) is 8.70. The number of hydrogen-bond donors (Lipinski definition) is 2. The average molecular weight is 264 g/mol. The largest absolute Gasteiger partial charge is 0.465 e. The number of carboxylic acid groups (broad SMARTS) is 1. The third-order valence-corrected chi connectivity index (χ3v) is 3.04. The van der Waals surface area contributed by atoms with E-state index in [1.54, 1.807) is 0 Å². The molecule has 0 heterocycles. The second-order valence-electron chi connectivity index (χ2n) is 6.02. The van der Waals surface area contributed by atoms with Crippen LogP contribution in [0.5, 0.6) is 0 Å². The monoisotopic (exact) mass is 264 g/mol. The molecule has 0 aliphatic heterocycles. The lowest BCUT2D eigenvalue weighted by Crippen LogP contribution is -2.50. The van der Waals surface area contributed by atoms with Crippen molar-refractivity contribution in [2.24, 2.45) is 5.73 Å². The summed E-state index contributed by atoms with van der Waals surface area (Å²) >= 11 is 0. The van der Waals surface area contributed by atoms with Crippen molar-refractivity contribution >= 4 is 6.09 Å². The van der Waals surface area contributed by atoms with Gasteiger partial charge in [0.25, 0.3) is 0 Å². The lowest BCUT2D eigenvalue weighted by Gasteiger charge is -2.35. The summed E-state index contributed by atoms with van der Waals surface area (Å²) < 4.78 is 0. The van der Waals surface area contributed by atoms with Gasteiger partial charge in [-0.3, -0.25) is 0 Å². The Morgan fingerprint density at radius 3 is 2.53 bits per heavy atom. The number of carbonyl (C=O) groups is 1. The molecule has 1 atom stereocenters. The first-order valence-corrected chi connectivity index (χ1v) is 6.52. The number of nitrogens with zero attached hydrogens (tertiary/aromatic N) is 1. The van der Waals surface area contributed by atoms with Gasteiger partial charge in [0, 0.05) is 18.1 Å². The Balaban J connectivity index is 2.68. The summed E-state index contributed by atoms with van der Waals surface area (Å²) in [6.45, 7) is 8.00. The van der Waals surface area contributed by atoms with Crippen LogP contribution in [0.2, 0.25) is 0 Å². The van der Waals surface area contributed by atoms with Gasteiger partial charge < -0.3 is 15.7 Å². The molecular weight excluding hydrogens is 240 g/mol. The van der Waals surface area contributed by atoms with Gasteiger partial charge in [0.2, 0.25) is 0 Å². The normalized spacial score (nSPS) is 13.1. The molecular formula is C15H24N2O2. The van der Waals surface area contributed by atoms with Crippen LogP contribution in [0.3, 0.4) is 0 Å². The minimum atomic E-state index is -0.924. The maximum atomic E-state index is 11.3. The third-order valence-electron chi connectivity index (χ3n) is 3.04. The lowest BCUT2D eigenvalue weighted by atomic mass is 10.0. The van der Waals surface area contributed by atoms with Crippen molar-refractivity contribution in [3.63, 3.8) is 0 Å². The smallest absolute Gasteiger partial charge is 0.407 e. The van der Waals surface area contributed by atoms with E-state index in [0.29, 0.717) is 13.0 Å². The molecule has 0 aliphatic rings. The predicted molar refractivity (Wildman–Crippen MR) is 77.3 cm³/mol. The van der Waals surface area contributed by atoms with E-state index in [1.165, 1.54) is 10.5 Å². The van der Waals surface area contributed by atoms with Crippen molar-refractivity contribution in [2.75, 3.05) is 6.54 Å². The summed E-state index contributed by atoms with van der Waals surface area (Å²) in [6.07, 6.45) is -0.242. The molecule has 106 valence electrons. The highest BCUT2D eigenvalue weighted by molar-refractivity contribution is 5.66. The second kappa shape index (κ2) is 6.06. The summed E-state index contributed by atoms with van der Waals surface area (Å²) in [5.41, 5.74) is 7.99. The van der Waals surface area contributed by atoms with Crippen molar-refractivity contribution in [1.82, 2.24) is 4.90 Å². The molecule has 1 amide bonds. The molecule has 0 fully saturated rings. The number of rotatable bonds is 4. The molecule has 0 unspecified atom stereocenters. The van der Waals surface area contributed by atoms with Crippen molar-refractivity contribution in [2.45, 2.75) is 45.7 Å². The standard InChI is InChI=1S/C15H24N2O2/c1-11-6-5-7-12(8-11)9-13(16)10-17(14(18)19)15(2,3)4/h5-8,13H,9-10,16H2,1-4H3,(H,18,19)/t13-/m0/s1. The molecule has 1 rings (SSSR count). The van der Waals surface area contributed by atoms with Crippen LogP contribution in [0, 0.1) is 6.92 Å². The summed E-state index contributed by atoms with van der Waals surface area (Å²) in [5.74, 6) is 0. The minimum Gasteiger partial charge on any atom is -0.465 e. The van der Waals surface area contributed by atoms with Gasteiger partial charge in [0.15, 0.2) is 0 Å². The zero-order chi connectivity index (χ0) is 14.6. The molecule has 3 N–H and O–H groups in total. The molecule has 0 radical (unpaired) electrons. The Labute approximate surface area is 115 Å². The maximum Gasteiger partial charge on any atom is 0.407 e. The molecule has 0 saturated heterocycles. The van der Waals surface area contributed by atoms with Crippen LogP contribution in [-0.4, -0.2) is 34.2 Å². The van der Waals surface area contributed by atoms with E-state index in [1.807, 2.05) is 45.9 Å². The van der Waals surface area contributed by atoms with Crippen LogP contribution in [0.1, 0.15) is 31.9 Å². The number of aryl methyl sites for hydroxylation is 1. The summed E-state index contributed by atoms with van der Waals surface area (Å²) in [7, 11) is 0. The molecule has 0 spiro atoms. The van der Waals surface area contributed by atoms with Crippen LogP contribution in [0.4, 0.5) is 4.79 Å². The van der Waals surface area contributed by atoms with E-state index in [4.69, 9.17) is 5.73 Å². The Kier molecular flexibility index (Phi) is 4.95. The van der Waals surface area contributed by atoms with Gasteiger partial charge in [0.1, 0.15) is 0 Å². The van der Waals surface area contributed by atoms with Gasteiger partial charge in [-0.2, -0.15) is 0 Å². The van der Waals surface area contributed by atoms with E-state index in [-0.39, 0.29) is 6.04 Å². The zero-order valence-corrected chi connectivity index (χ0v) is 12.2. The quantitative estimate of drug-likeness (QED) is 0.878. The summed E-state index contributed by atoms with van der Waals surface area (Å²) in [6, 6.07) is 7.94. The highest BCUT2D eigenvalue weighted by Gasteiger charge is 2.27. The number of benzene rings is 1. The van der Waals surface area contributed by atoms with Crippen LogP contribution >= 0.6 is 0 Å². The second-order valence-corrected chi connectivity index (χ2v) is 6.02. The fraction of sp³-hybridized carbons (Fsp3) is 0.533. The lowest BCUT2D eigenvalue weighted by molar-refractivity contribution is 0.0960. The Bertz CT molecular complexity index is 438. The average Bonchev–Trinajstić information content (AvgIpc) is 2.24. The highest BCUT2D eigenvalue weighted by atomic mass is 16.4. The summed E-state index contributed by atoms with van der Waals surface area (Å²) in [5, 5.41) is 9.24. The van der Waals surface area contributed by atoms with Gasteiger partial charge in [-0.05, 0) is 39.7 Å². The highest BCUT2D eigenvalue weighted by Crippen LogP contribution is 2.15. The Morgan fingerprint density at radius 2 is 2.05 bits per heavy atom. The van der Waals surface area contributed by atoms with Gasteiger partial charge in [-0.15, -0.1) is 0 Å². The maximum absolute atomic E-state index is 11.3. The molecule has 1 aromatic rings. The van der Waals surface area contributed by atoms with E-state index in [0.717, 1.165) is 5.56 Å². The van der Waals surface area contributed by atoms with Crippen molar-refractivity contribution in [3.05, 3.63) is 35.4 Å². The first-order valence-electron chi connectivity index (χ1n) is 6.52. The van der Waals surface area contributed by atoms with Gasteiger partial charge >= 0.3 is 6.09 Å². The Hall–Kier alpha value is -1.55. The molecule has 0 saturated carbocycles. The predicted octanol–water partition coefficient (Wildman–Crippen LogP) is 2.64. The fourth-order valence-electron chi connectivity index (χ4n) is 2.08. The zero-order valence-electron chi connectivity index (χ0n) is 12.2. The van der Waals surface area contributed by atoms with E-state index >= 15 is 0 Å². The van der Waals surface area contributed by atoms with E-state index < -0.39 is 11.6 Å². The van der Waals surface area contributed by atoms with Crippen molar-refractivity contribution in [3.8, 4) is 0 Å². The molecule has 4 nitrogen and oxygen atoms in total. The van der Waals surface area contributed by atoms with Gasteiger partial charge in [0.05, 0.1) is 0 Å². The van der Waals surface area contributed by atoms with Gasteiger partial charge in [-0.25, -0.2) is 4.79 Å². The molecule has 0 aromatic heterocycles. The number of amides is 1. The van der Waals surface area contributed by atoms with Crippen LogP contribution in [0.15, 0.2) is 24.3 Å². The van der Waals surface area contributed by atoms with Crippen LogP contribution < -0.4 is 5.73 Å². The minimum absolute atomic E-state index is 0.197. The number of hydrogen-bond acceptors (Lipinski definition) is 2. The molecule has 0 aliphatic carbocycles.